The topological polar surface area (TPSA) is 72.2 Å². The Labute approximate surface area is 144 Å². The van der Waals surface area contributed by atoms with Crippen molar-refractivity contribution >= 4 is 23.3 Å². The van der Waals surface area contributed by atoms with E-state index in [4.69, 9.17) is 0 Å². The SMILES string of the molecule is CSc1ncccc1C(=O)NCc1nnc2ccc(C(F)(F)F)cn12. The van der Waals surface area contributed by atoms with Gasteiger partial charge in [-0.05, 0) is 30.5 Å². The van der Waals surface area contributed by atoms with Crippen molar-refractivity contribution in [3.05, 3.63) is 53.6 Å². The van der Waals surface area contributed by atoms with Crippen LogP contribution in [-0.4, -0.2) is 31.7 Å². The fourth-order valence-electron chi connectivity index (χ4n) is 2.21. The van der Waals surface area contributed by atoms with E-state index in [2.05, 4.69) is 20.5 Å². The number of hydrogen-bond donors (Lipinski definition) is 1. The number of thioether (sulfide) groups is 1. The average Bonchev–Trinajstić information content (AvgIpc) is 3.01. The molecule has 10 heteroatoms. The third kappa shape index (κ3) is 3.58. The van der Waals surface area contributed by atoms with Crippen LogP contribution in [0.15, 0.2) is 41.7 Å². The molecule has 0 bridgehead atoms. The van der Waals surface area contributed by atoms with Gasteiger partial charge in [-0.1, -0.05) is 0 Å². The predicted molar refractivity (Wildman–Crippen MR) is 85.2 cm³/mol. The van der Waals surface area contributed by atoms with Crippen molar-refractivity contribution < 1.29 is 18.0 Å². The summed E-state index contributed by atoms with van der Waals surface area (Å²) in [6.07, 6.45) is -0.187. The van der Waals surface area contributed by atoms with E-state index in [1.165, 1.54) is 22.2 Å². The van der Waals surface area contributed by atoms with E-state index in [0.717, 1.165) is 12.3 Å². The molecule has 0 aliphatic rings. The van der Waals surface area contributed by atoms with E-state index in [9.17, 15) is 18.0 Å². The molecular weight excluding hydrogens is 355 g/mol. The molecule has 3 heterocycles. The fraction of sp³-hybridized carbons (Fsp3) is 0.200. The summed E-state index contributed by atoms with van der Waals surface area (Å²) in [7, 11) is 0. The molecule has 0 aliphatic carbocycles. The van der Waals surface area contributed by atoms with Gasteiger partial charge in [-0.15, -0.1) is 22.0 Å². The molecule has 1 N–H and O–H groups in total. The summed E-state index contributed by atoms with van der Waals surface area (Å²) in [4.78, 5) is 16.4. The maximum absolute atomic E-state index is 12.8. The van der Waals surface area contributed by atoms with E-state index in [0.29, 0.717) is 10.6 Å². The second-order valence-electron chi connectivity index (χ2n) is 5.00. The van der Waals surface area contributed by atoms with Crippen molar-refractivity contribution in [3.8, 4) is 0 Å². The van der Waals surface area contributed by atoms with Crippen molar-refractivity contribution in [2.45, 2.75) is 17.7 Å². The first kappa shape index (κ1) is 17.2. The van der Waals surface area contributed by atoms with Crippen LogP contribution in [-0.2, 0) is 12.7 Å². The third-order valence-electron chi connectivity index (χ3n) is 3.42. The van der Waals surface area contributed by atoms with Crippen LogP contribution in [0.25, 0.3) is 5.65 Å². The lowest BCUT2D eigenvalue weighted by molar-refractivity contribution is -0.137. The number of pyridine rings is 2. The Kier molecular flexibility index (Phi) is 4.62. The summed E-state index contributed by atoms with van der Waals surface area (Å²) >= 11 is 1.32. The van der Waals surface area contributed by atoms with Crippen LogP contribution >= 0.6 is 11.8 Å². The molecule has 25 heavy (non-hydrogen) atoms. The average molecular weight is 367 g/mol. The number of halogens is 3. The van der Waals surface area contributed by atoms with Crippen LogP contribution in [0.3, 0.4) is 0 Å². The Morgan fingerprint density at radius 1 is 1.28 bits per heavy atom. The number of hydrogen-bond acceptors (Lipinski definition) is 5. The van der Waals surface area contributed by atoms with E-state index >= 15 is 0 Å². The predicted octanol–water partition coefficient (Wildman–Crippen LogP) is 2.80. The maximum Gasteiger partial charge on any atom is 0.417 e. The summed E-state index contributed by atoms with van der Waals surface area (Å²) in [5, 5.41) is 10.8. The summed E-state index contributed by atoms with van der Waals surface area (Å²) in [5.74, 6) is -0.190. The number of carbonyl (C=O) groups excluding carboxylic acids is 1. The molecule has 130 valence electrons. The van der Waals surface area contributed by atoms with Gasteiger partial charge in [0.15, 0.2) is 11.5 Å². The summed E-state index contributed by atoms with van der Waals surface area (Å²) in [5.41, 5.74) is -0.160. The maximum atomic E-state index is 12.8. The normalized spacial score (nSPS) is 11.7. The fourth-order valence-corrected chi connectivity index (χ4v) is 2.75. The lowest BCUT2D eigenvalue weighted by Crippen LogP contribution is -2.25. The first-order valence-corrected chi connectivity index (χ1v) is 8.30. The molecule has 0 radical (unpaired) electrons. The lowest BCUT2D eigenvalue weighted by Gasteiger charge is -2.09. The minimum absolute atomic E-state index is 0.0655. The molecule has 3 aromatic rings. The number of nitrogens with one attached hydrogen (secondary N) is 1. The molecule has 3 aromatic heterocycles. The molecule has 6 nitrogen and oxygen atoms in total. The molecule has 0 aromatic carbocycles. The van der Waals surface area contributed by atoms with E-state index in [1.54, 1.807) is 24.6 Å². The van der Waals surface area contributed by atoms with E-state index in [1.807, 2.05) is 0 Å². The van der Waals surface area contributed by atoms with Gasteiger partial charge in [0.1, 0.15) is 5.03 Å². The molecule has 0 atom stereocenters. The summed E-state index contributed by atoms with van der Waals surface area (Å²) < 4.78 is 39.7. The smallest absolute Gasteiger partial charge is 0.345 e. The molecule has 0 spiro atoms. The molecule has 1 amide bonds. The summed E-state index contributed by atoms with van der Waals surface area (Å²) in [6.45, 7) is -0.0655. The number of amides is 1. The van der Waals surface area contributed by atoms with Crippen molar-refractivity contribution in [1.29, 1.82) is 0 Å². The second-order valence-corrected chi connectivity index (χ2v) is 5.80. The van der Waals surface area contributed by atoms with Gasteiger partial charge in [-0.2, -0.15) is 13.2 Å². The molecule has 0 saturated heterocycles. The van der Waals surface area contributed by atoms with Crippen LogP contribution in [0.4, 0.5) is 13.2 Å². The lowest BCUT2D eigenvalue weighted by atomic mass is 10.2. The monoisotopic (exact) mass is 367 g/mol. The van der Waals surface area contributed by atoms with Crippen LogP contribution in [0.2, 0.25) is 0 Å². The molecule has 0 saturated carbocycles. The first-order valence-electron chi connectivity index (χ1n) is 7.08. The van der Waals surface area contributed by atoms with Gasteiger partial charge < -0.3 is 5.32 Å². The first-order chi connectivity index (χ1) is 11.9. The zero-order valence-corrected chi connectivity index (χ0v) is 13.7. The second kappa shape index (κ2) is 6.71. The number of fused-ring (bicyclic) bond motifs is 1. The number of nitrogens with zero attached hydrogens (tertiary/aromatic N) is 4. The van der Waals surface area contributed by atoms with Crippen molar-refractivity contribution in [1.82, 2.24) is 24.9 Å². The van der Waals surface area contributed by atoms with Gasteiger partial charge >= 0.3 is 6.18 Å². The van der Waals surface area contributed by atoms with Crippen molar-refractivity contribution in [2.24, 2.45) is 0 Å². The van der Waals surface area contributed by atoms with E-state index in [-0.39, 0.29) is 23.9 Å². The Morgan fingerprint density at radius 2 is 2.08 bits per heavy atom. The Hall–Kier alpha value is -2.62. The highest BCUT2D eigenvalue weighted by molar-refractivity contribution is 7.98. The van der Waals surface area contributed by atoms with Crippen LogP contribution in [0.1, 0.15) is 21.7 Å². The van der Waals surface area contributed by atoms with Gasteiger partial charge in [0, 0.05) is 12.4 Å². The van der Waals surface area contributed by atoms with Crippen LogP contribution in [0, 0.1) is 0 Å². The van der Waals surface area contributed by atoms with Crippen molar-refractivity contribution in [3.63, 3.8) is 0 Å². The van der Waals surface area contributed by atoms with Gasteiger partial charge in [0.2, 0.25) is 0 Å². The molecule has 0 fully saturated rings. The molecule has 3 rings (SSSR count). The Bertz CT molecular complexity index is 925. The number of alkyl halides is 3. The van der Waals surface area contributed by atoms with Gasteiger partial charge in [0.25, 0.3) is 5.91 Å². The Morgan fingerprint density at radius 3 is 2.80 bits per heavy atom. The minimum Gasteiger partial charge on any atom is -0.345 e. The zero-order valence-electron chi connectivity index (χ0n) is 12.9. The molecular formula is C15H12F3N5OS. The molecule has 0 aliphatic heterocycles. The van der Waals surface area contributed by atoms with Gasteiger partial charge in [-0.25, -0.2) is 4.98 Å². The van der Waals surface area contributed by atoms with Gasteiger partial charge in [0.05, 0.1) is 17.7 Å². The highest BCUT2D eigenvalue weighted by Gasteiger charge is 2.31. The zero-order chi connectivity index (χ0) is 18.0. The van der Waals surface area contributed by atoms with Crippen LogP contribution < -0.4 is 5.32 Å². The van der Waals surface area contributed by atoms with E-state index < -0.39 is 11.7 Å². The number of rotatable bonds is 4. The quantitative estimate of drug-likeness (QED) is 0.718. The number of carbonyl (C=O) groups is 1. The third-order valence-corrected chi connectivity index (χ3v) is 4.13. The summed E-state index contributed by atoms with van der Waals surface area (Å²) in [6, 6.07) is 5.43. The highest BCUT2D eigenvalue weighted by Crippen LogP contribution is 2.29. The van der Waals surface area contributed by atoms with Crippen LogP contribution in [0.5, 0.6) is 0 Å². The standard InChI is InChI=1S/C15H12F3N5OS/c1-25-14-10(3-2-6-19-14)13(24)20-7-12-22-21-11-5-4-9(8-23(11)12)15(16,17)18/h2-6,8H,7H2,1H3,(H,20,24). The molecule has 0 unspecified atom stereocenters. The Balaban J connectivity index is 1.82. The van der Waals surface area contributed by atoms with Gasteiger partial charge in [-0.3, -0.25) is 9.20 Å². The largest absolute Gasteiger partial charge is 0.417 e. The highest BCUT2D eigenvalue weighted by atomic mass is 32.2. The number of aromatic nitrogens is 4. The minimum atomic E-state index is -4.47. The van der Waals surface area contributed by atoms with Crippen molar-refractivity contribution in [2.75, 3.05) is 6.26 Å².